The maximum Gasteiger partial charge on any atom is 0.256 e. The number of sulfonamides is 1. The van der Waals surface area contributed by atoms with Gasteiger partial charge < -0.3 is 5.32 Å². The molecule has 3 N–H and O–H groups in total. The molecule has 26 heavy (non-hydrogen) atoms. The van der Waals surface area contributed by atoms with Crippen LogP contribution in [0.5, 0.6) is 0 Å². The molecule has 0 aliphatic carbocycles. The van der Waals surface area contributed by atoms with E-state index in [1.807, 2.05) is 0 Å². The van der Waals surface area contributed by atoms with E-state index in [9.17, 15) is 13.2 Å². The first kappa shape index (κ1) is 18.0. The Morgan fingerprint density at radius 2 is 1.88 bits per heavy atom. The number of fused-ring (bicyclic) bond motifs is 1. The average Bonchev–Trinajstić information content (AvgIpc) is 2.81. The van der Waals surface area contributed by atoms with Crippen molar-refractivity contribution in [2.24, 2.45) is 12.2 Å². The Bertz CT molecular complexity index is 1150. The molecule has 0 spiro atoms. The topological polar surface area (TPSA) is 120 Å². The Labute approximate surface area is 151 Å². The van der Waals surface area contributed by atoms with Gasteiger partial charge in [0.1, 0.15) is 0 Å². The number of pyridine rings is 1. The second kappa shape index (κ2) is 6.19. The van der Waals surface area contributed by atoms with Gasteiger partial charge in [-0.25, -0.2) is 18.5 Å². The fourth-order valence-electron chi connectivity index (χ4n) is 2.93. The van der Waals surface area contributed by atoms with Crippen molar-refractivity contribution in [3.05, 3.63) is 46.8 Å². The normalized spacial score (nSPS) is 11.7. The average molecular weight is 373 g/mol. The van der Waals surface area contributed by atoms with Crippen LogP contribution in [0.1, 0.15) is 27.3 Å². The highest BCUT2D eigenvalue weighted by Gasteiger charge is 2.19. The lowest BCUT2D eigenvalue weighted by Gasteiger charge is -2.10. The van der Waals surface area contributed by atoms with Gasteiger partial charge in [0, 0.05) is 18.4 Å². The largest absolute Gasteiger partial charge is 0.322 e. The summed E-state index contributed by atoms with van der Waals surface area (Å²) in [4.78, 5) is 17.2. The number of hydrogen-bond acceptors (Lipinski definition) is 5. The molecule has 136 valence electrons. The molecule has 3 aromatic rings. The number of amides is 1. The van der Waals surface area contributed by atoms with Crippen LogP contribution >= 0.6 is 0 Å². The van der Waals surface area contributed by atoms with Gasteiger partial charge in [0.05, 0.1) is 21.5 Å². The number of nitrogens with two attached hydrogens (primary N) is 1. The third-order valence-corrected chi connectivity index (χ3v) is 5.15. The number of nitrogens with zero attached hydrogens (tertiary/aromatic N) is 3. The van der Waals surface area contributed by atoms with Gasteiger partial charge in [-0.3, -0.25) is 9.48 Å². The van der Waals surface area contributed by atoms with Gasteiger partial charge in [0.2, 0.25) is 10.0 Å². The molecule has 0 bridgehead atoms. The third kappa shape index (κ3) is 3.18. The van der Waals surface area contributed by atoms with Crippen molar-refractivity contribution in [2.45, 2.75) is 25.7 Å². The van der Waals surface area contributed by atoms with E-state index in [1.165, 1.54) is 6.07 Å². The van der Waals surface area contributed by atoms with Crippen molar-refractivity contribution >= 4 is 32.7 Å². The van der Waals surface area contributed by atoms with Crippen molar-refractivity contribution < 1.29 is 13.2 Å². The van der Waals surface area contributed by atoms with Crippen LogP contribution in [-0.2, 0) is 17.1 Å². The molecule has 0 radical (unpaired) electrons. The van der Waals surface area contributed by atoms with E-state index in [-0.39, 0.29) is 10.8 Å². The van der Waals surface area contributed by atoms with Gasteiger partial charge in [0.25, 0.3) is 5.91 Å². The zero-order valence-corrected chi connectivity index (χ0v) is 15.7. The third-order valence-electron chi connectivity index (χ3n) is 4.09. The summed E-state index contributed by atoms with van der Waals surface area (Å²) in [5.41, 5.74) is 3.26. The molecule has 0 atom stereocenters. The number of aromatic nitrogens is 3. The molecule has 3 rings (SSSR count). The Hall–Kier alpha value is -2.78. The molecular formula is C17H19N5O3S. The zero-order valence-electron chi connectivity index (χ0n) is 14.9. The van der Waals surface area contributed by atoms with Gasteiger partial charge >= 0.3 is 0 Å². The van der Waals surface area contributed by atoms with E-state index in [4.69, 9.17) is 5.14 Å². The van der Waals surface area contributed by atoms with Crippen LogP contribution in [0, 0.1) is 20.8 Å². The quantitative estimate of drug-likeness (QED) is 0.725. The van der Waals surface area contributed by atoms with Crippen LogP contribution in [0.3, 0.4) is 0 Å². The van der Waals surface area contributed by atoms with Gasteiger partial charge in [-0.15, -0.1) is 0 Å². The Balaban J connectivity index is 2.06. The van der Waals surface area contributed by atoms with Crippen molar-refractivity contribution in [1.82, 2.24) is 14.8 Å². The molecule has 0 fully saturated rings. The lowest BCUT2D eigenvalue weighted by Crippen LogP contribution is -2.16. The van der Waals surface area contributed by atoms with Crippen LogP contribution in [0.2, 0.25) is 0 Å². The smallest absolute Gasteiger partial charge is 0.256 e. The summed E-state index contributed by atoms with van der Waals surface area (Å²) in [5, 5.41) is 12.9. The van der Waals surface area contributed by atoms with Crippen molar-refractivity contribution in [1.29, 1.82) is 0 Å². The van der Waals surface area contributed by atoms with E-state index in [0.29, 0.717) is 39.2 Å². The van der Waals surface area contributed by atoms with Crippen LogP contribution in [0.15, 0.2) is 29.2 Å². The highest BCUT2D eigenvalue weighted by atomic mass is 32.2. The molecule has 0 unspecified atom stereocenters. The number of nitrogens with one attached hydrogen (secondary N) is 1. The fraction of sp³-hybridized carbons (Fsp3) is 0.235. The number of primary sulfonamides is 1. The Morgan fingerprint density at radius 3 is 2.54 bits per heavy atom. The fourth-order valence-corrected chi connectivity index (χ4v) is 3.74. The van der Waals surface area contributed by atoms with Crippen LogP contribution in [0.25, 0.3) is 11.0 Å². The lowest BCUT2D eigenvalue weighted by atomic mass is 10.1. The number of benzene rings is 1. The van der Waals surface area contributed by atoms with Crippen molar-refractivity contribution in [2.75, 3.05) is 5.32 Å². The Kier molecular flexibility index (Phi) is 4.29. The summed E-state index contributed by atoms with van der Waals surface area (Å²) >= 11 is 0. The summed E-state index contributed by atoms with van der Waals surface area (Å²) in [6.07, 6.45) is 0. The standard InChI is InChI=1S/C17H19N5O3S/c1-9-5-6-12(8-14(9)26(18,24)25)20-17(23)13-7-10(2)19-16-15(13)11(3)21-22(16)4/h5-8H,1-4H3,(H,20,23)(H2,18,24,25). The summed E-state index contributed by atoms with van der Waals surface area (Å²) in [7, 11) is -2.11. The van der Waals surface area contributed by atoms with E-state index in [0.717, 1.165) is 0 Å². The van der Waals surface area contributed by atoms with Gasteiger partial charge in [-0.2, -0.15) is 5.10 Å². The number of carbonyl (C=O) groups excluding carboxylic acids is 1. The summed E-state index contributed by atoms with van der Waals surface area (Å²) in [6.45, 7) is 5.24. The SMILES string of the molecule is Cc1cc(C(=O)Nc2ccc(C)c(S(N)(=O)=O)c2)c2c(C)nn(C)c2n1. The molecule has 2 aromatic heterocycles. The first-order chi connectivity index (χ1) is 12.1. The first-order valence-electron chi connectivity index (χ1n) is 7.83. The summed E-state index contributed by atoms with van der Waals surface area (Å²) in [5.74, 6) is -0.374. The van der Waals surface area contributed by atoms with Gasteiger partial charge in [0.15, 0.2) is 5.65 Å². The highest BCUT2D eigenvalue weighted by molar-refractivity contribution is 7.89. The molecular weight excluding hydrogens is 354 g/mol. The molecule has 8 nitrogen and oxygen atoms in total. The molecule has 0 aliphatic heterocycles. The molecule has 9 heteroatoms. The minimum atomic E-state index is -3.88. The molecule has 1 amide bonds. The van der Waals surface area contributed by atoms with E-state index in [2.05, 4.69) is 15.4 Å². The Morgan fingerprint density at radius 1 is 1.19 bits per heavy atom. The van der Waals surface area contributed by atoms with E-state index < -0.39 is 10.0 Å². The van der Waals surface area contributed by atoms with E-state index >= 15 is 0 Å². The molecule has 0 aliphatic rings. The molecule has 0 saturated carbocycles. The number of aryl methyl sites for hydroxylation is 4. The maximum atomic E-state index is 12.8. The molecule has 1 aromatic carbocycles. The maximum absolute atomic E-state index is 12.8. The number of anilines is 1. The van der Waals surface area contributed by atoms with Crippen LogP contribution in [0.4, 0.5) is 5.69 Å². The number of rotatable bonds is 3. The number of carbonyl (C=O) groups is 1. The van der Waals surface area contributed by atoms with E-state index in [1.54, 1.807) is 50.7 Å². The van der Waals surface area contributed by atoms with Crippen LogP contribution < -0.4 is 10.5 Å². The van der Waals surface area contributed by atoms with Crippen molar-refractivity contribution in [3.63, 3.8) is 0 Å². The van der Waals surface area contributed by atoms with Gasteiger partial charge in [-0.1, -0.05) is 6.07 Å². The molecule has 2 heterocycles. The minimum absolute atomic E-state index is 0.0242. The monoisotopic (exact) mass is 373 g/mol. The number of hydrogen-bond donors (Lipinski definition) is 2. The van der Waals surface area contributed by atoms with Gasteiger partial charge in [-0.05, 0) is 44.5 Å². The summed E-state index contributed by atoms with van der Waals surface area (Å²) < 4.78 is 25.0. The lowest BCUT2D eigenvalue weighted by molar-refractivity contribution is 0.102. The van der Waals surface area contributed by atoms with Crippen LogP contribution in [-0.4, -0.2) is 29.1 Å². The van der Waals surface area contributed by atoms with Crippen molar-refractivity contribution in [3.8, 4) is 0 Å². The zero-order chi connectivity index (χ0) is 19.2. The summed E-state index contributed by atoms with van der Waals surface area (Å²) in [6, 6.07) is 6.26. The molecule has 0 saturated heterocycles. The predicted octanol–water partition coefficient (Wildman–Crippen LogP) is 1.79. The minimum Gasteiger partial charge on any atom is -0.322 e. The second-order valence-electron chi connectivity index (χ2n) is 6.20. The predicted molar refractivity (Wildman–Crippen MR) is 98.5 cm³/mol. The second-order valence-corrected chi connectivity index (χ2v) is 7.73. The highest BCUT2D eigenvalue weighted by Crippen LogP contribution is 2.24. The first-order valence-corrected chi connectivity index (χ1v) is 9.38.